The summed E-state index contributed by atoms with van der Waals surface area (Å²) >= 11 is 0. The van der Waals surface area contributed by atoms with Crippen molar-refractivity contribution in [3.63, 3.8) is 0 Å². The van der Waals surface area contributed by atoms with Crippen LogP contribution in [-0.2, 0) is 9.53 Å². The van der Waals surface area contributed by atoms with Gasteiger partial charge >= 0.3 is 11.9 Å². The zero-order chi connectivity index (χ0) is 14.7. The van der Waals surface area contributed by atoms with E-state index >= 15 is 0 Å². The first-order valence-corrected chi connectivity index (χ1v) is 6.21. The zero-order valence-corrected chi connectivity index (χ0v) is 11.3. The lowest BCUT2D eigenvalue weighted by Crippen LogP contribution is -2.36. The number of carboxylic acids is 1. The molecule has 0 saturated carbocycles. The van der Waals surface area contributed by atoms with E-state index in [0.717, 1.165) is 6.42 Å². The lowest BCUT2D eigenvalue weighted by atomic mass is 10.2. The van der Waals surface area contributed by atoms with Crippen LogP contribution in [0.5, 0.6) is 5.88 Å². The number of rotatable bonds is 4. The summed E-state index contributed by atoms with van der Waals surface area (Å²) in [5.74, 6) is -0.804. The number of carbonyl (C=O) groups excluding carboxylic acids is 1. The second-order valence-corrected chi connectivity index (χ2v) is 4.41. The van der Waals surface area contributed by atoms with Crippen molar-refractivity contribution in [3.8, 4) is 5.88 Å². The van der Waals surface area contributed by atoms with Gasteiger partial charge in [0.15, 0.2) is 0 Å². The van der Waals surface area contributed by atoms with E-state index in [1.807, 2.05) is 0 Å². The van der Waals surface area contributed by atoms with E-state index in [0.29, 0.717) is 18.8 Å². The number of nitrogens with zero attached hydrogens (tertiary/aromatic N) is 2. The van der Waals surface area contributed by atoms with Crippen molar-refractivity contribution in [1.82, 2.24) is 4.98 Å². The van der Waals surface area contributed by atoms with Crippen LogP contribution in [0.4, 0.5) is 5.82 Å². The van der Waals surface area contributed by atoms with Crippen LogP contribution < -0.4 is 9.64 Å². The van der Waals surface area contributed by atoms with Crippen LogP contribution in [-0.4, -0.2) is 48.8 Å². The van der Waals surface area contributed by atoms with Gasteiger partial charge in [-0.05, 0) is 25.0 Å². The van der Waals surface area contributed by atoms with Gasteiger partial charge in [-0.15, -0.1) is 0 Å². The molecule has 2 rings (SSSR count). The standard InChI is InChI=1S/C13H16N2O5/c1-19-11-8(13(18)20-2)5-6-10(14-11)15-7-3-4-9(15)12(16)17/h5-6,9H,3-4,7H2,1-2H3,(H,16,17)/t9-/m0/s1. The molecule has 0 unspecified atom stereocenters. The highest BCUT2D eigenvalue weighted by atomic mass is 16.5. The summed E-state index contributed by atoms with van der Waals surface area (Å²) in [6.07, 6.45) is 1.37. The molecule has 108 valence electrons. The number of esters is 1. The molecule has 1 aromatic rings. The number of ether oxygens (including phenoxy) is 2. The molecule has 0 spiro atoms. The zero-order valence-electron chi connectivity index (χ0n) is 11.3. The highest BCUT2D eigenvalue weighted by Crippen LogP contribution is 2.27. The number of pyridine rings is 1. The number of carboxylic acid groups (broad SMARTS) is 1. The van der Waals surface area contributed by atoms with E-state index < -0.39 is 18.0 Å². The Hall–Kier alpha value is -2.31. The Morgan fingerprint density at radius 3 is 2.75 bits per heavy atom. The SMILES string of the molecule is COC(=O)c1ccc(N2CCC[C@H]2C(=O)O)nc1OC. The van der Waals surface area contributed by atoms with Gasteiger partial charge in [-0.2, -0.15) is 4.98 Å². The number of aliphatic carboxylic acids is 1. The van der Waals surface area contributed by atoms with Crippen molar-refractivity contribution in [2.45, 2.75) is 18.9 Å². The number of hydrogen-bond donors (Lipinski definition) is 1. The van der Waals surface area contributed by atoms with Crippen molar-refractivity contribution < 1.29 is 24.2 Å². The van der Waals surface area contributed by atoms with E-state index in [1.165, 1.54) is 20.3 Å². The molecule has 1 N–H and O–H groups in total. The van der Waals surface area contributed by atoms with E-state index in [9.17, 15) is 14.7 Å². The van der Waals surface area contributed by atoms with Gasteiger partial charge in [-0.1, -0.05) is 0 Å². The summed E-state index contributed by atoms with van der Waals surface area (Å²) in [5, 5.41) is 9.18. The number of anilines is 1. The first-order chi connectivity index (χ1) is 9.58. The minimum atomic E-state index is -0.875. The summed E-state index contributed by atoms with van der Waals surface area (Å²) in [6.45, 7) is 0.616. The van der Waals surface area contributed by atoms with Crippen molar-refractivity contribution in [2.75, 3.05) is 25.7 Å². The Morgan fingerprint density at radius 2 is 2.15 bits per heavy atom. The molecular weight excluding hydrogens is 264 g/mol. The van der Waals surface area contributed by atoms with Crippen molar-refractivity contribution in [2.24, 2.45) is 0 Å². The minimum absolute atomic E-state index is 0.130. The molecule has 7 nitrogen and oxygen atoms in total. The van der Waals surface area contributed by atoms with Gasteiger partial charge in [-0.3, -0.25) is 0 Å². The van der Waals surface area contributed by atoms with Crippen LogP contribution in [0.25, 0.3) is 0 Å². The topological polar surface area (TPSA) is 89.0 Å². The summed E-state index contributed by atoms with van der Waals surface area (Å²) in [7, 11) is 2.67. The van der Waals surface area contributed by atoms with Gasteiger partial charge < -0.3 is 19.5 Å². The van der Waals surface area contributed by atoms with Crippen LogP contribution in [0, 0.1) is 0 Å². The van der Waals surface area contributed by atoms with Gasteiger partial charge in [0.1, 0.15) is 17.4 Å². The number of hydrogen-bond acceptors (Lipinski definition) is 6. The largest absolute Gasteiger partial charge is 0.480 e. The molecule has 7 heteroatoms. The highest BCUT2D eigenvalue weighted by molar-refractivity contribution is 5.92. The average Bonchev–Trinajstić information content (AvgIpc) is 2.95. The van der Waals surface area contributed by atoms with Crippen LogP contribution in [0.15, 0.2) is 12.1 Å². The van der Waals surface area contributed by atoms with Crippen LogP contribution >= 0.6 is 0 Å². The number of aromatic nitrogens is 1. The summed E-state index contributed by atoms with van der Waals surface area (Å²) < 4.78 is 9.72. The quantitative estimate of drug-likeness (QED) is 0.820. The molecule has 0 aromatic carbocycles. The predicted molar refractivity (Wildman–Crippen MR) is 70.1 cm³/mol. The van der Waals surface area contributed by atoms with Gasteiger partial charge in [-0.25, -0.2) is 9.59 Å². The first kappa shape index (κ1) is 14.1. The second-order valence-electron chi connectivity index (χ2n) is 4.41. The third-order valence-electron chi connectivity index (χ3n) is 3.28. The lowest BCUT2D eigenvalue weighted by Gasteiger charge is -2.23. The normalized spacial score (nSPS) is 17.9. The average molecular weight is 280 g/mol. The van der Waals surface area contributed by atoms with Crippen LogP contribution in [0.2, 0.25) is 0 Å². The molecule has 0 radical (unpaired) electrons. The van der Waals surface area contributed by atoms with E-state index in [4.69, 9.17) is 4.74 Å². The first-order valence-electron chi connectivity index (χ1n) is 6.21. The molecule has 1 saturated heterocycles. The van der Waals surface area contributed by atoms with Crippen molar-refractivity contribution >= 4 is 17.8 Å². The molecule has 1 aromatic heterocycles. The molecule has 1 atom stereocenters. The highest BCUT2D eigenvalue weighted by Gasteiger charge is 2.32. The van der Waals surface area contributed by atoms with Crippen LogP contribution in [0.1, 0.15) is 23.2 Å². The Morgan fingerprint density at radius 1 is 1.40 bits per heavy atom. The maximum atomic E-state index is 11.5. The second kappa shape index (κ2) is 5.77. The van der Waals surface area contributed by atoms with Gasteiger partial charge in [0.05, 0.1) is 14.2 Å². The molecule has 1 fully saturated rings. The predicted octanol–water partition coefficient (Wildman–Crippen LogP) is 0.930. The lowest BCUT2D eigenvalue weighted by molar-refractivity contribution is -0.138. The molecule has 0 aliphatic carbocycles. The third-order valence-corrected chi connectivity index (χ3v) is 3.28. The minimum Gasteiger partial charge on any atom is -0.480 e. The van der Waals surface area contributed by atoms with Crippen molar-refractivity contribution in [3.05, 3.63) is 17.7 Å². The van der Waals surface area contributed by atoms with Gasteiger partial charge in [0, 0.05) is 6.54 Å². The molecule has 1 aliphatic heterocycles. The molecule has 0 amide bonds. The number of methoxy groups -OCH3 is 2. The maximum absolute atomic E-state index is 11.5. The fourth-order valence-corrected chi connectivity index (χ4v) is 2.31. The Bertz CT molecular complexity index is 531. The van der Waals surface area contributed by atoms with Gasteiger partial charge in [0.25, 0.3) is 0 Å². The smallest absolute Gasteiger partial charge is 0.343 e. The Kier molecular flexibility index (Phi) is 4.07. The summed E-state index contributed by atoms with van der Waals surface area (Å²) in [6, 6.07) is 2.55. The third kappa shape index (κ3) is 2.52. The van der Waals surface area contributed by atoms with E-state index in [-0.39, 0.29) is 11.4 Å². The Balaban J connectivity index is 2.34. The molecule has 20 heavy (non-hydrogen) atoms. The number of carbonyl (C=O) groups is 2. The molecule has 1 aliphatic rings. The fraction of sp³-hybridized carbons (Fsp3) is 0.462. The maximum Gasteiger partial charge on any atom is 0.343 e. The molecule has 2 heterocycles. The van der Waals surface area contributed by atoms with Crippen LogP contribution in [0.3, 0.4) is 0 Å². The summed E-state index contributed by atoms with van der Waals surface area (Å²) in [5.41, 5.74) is 0.213. The van der Waals surface area contributed by atoms with Crippen molar-refractivity contribution in [1.29, 1.82) is 0 Å². The fourth-order valence-electron chi connectivity index (χ4n) is 2.31. The monoisotopic (exact) mass is 280 g/mol. The summed E-state index contributed by atoms with van der Waals surface area (Å²) in [4.78, 5) is 28.6. The molecule has 0 bridgehead atoms. The van der Waals surface area contributed by atoms with E-state index in [1.54, 1.807) is 11.0 Å². The molecular formula is C13H16N2O5. The Labute approximate surface area is 116 Å². The van der Waals surface area contributed by atoms with E-state index in [2.05, 4.69) is 9.72 Å². The van der Waals surface area contributed by atoms with Gasteiger partial charge in [0.2, 0.25) is 5.88 Å².